The van der Waals surface area contributed by atoms with Crippen LogP contribution in [0, 0.1) is 17.8 Å². The second kappa shape index (κ2) is 61.0. The Kier molecular flexibility index (Phi) is 59.6. The van der Waals surface area contributed by atoms with E-state index in [1.807, 2.05) is 0 Å². The largest absolute Gasteiger partial charge is 0.472 e. The van der Waals surface area contributed by atoms with Gasteiger partial charge in [0.25, 0.3) is 0 Å². The van der Waals surface area contributed by atoms with Crippen LogP contribution in [0.2, 0.25) is 0 Å². The fourth-order valence-corrected chi connectivity index (χ4v) is 12.1. The summed E-state index contributed by atoms with van der Waals surface area (Å²) in [4.78, 5) is 72.2. The molecule has 0 amide bonds. The lowest BCUT2D eigenvalue weighted by Gasteiger charge is -2.21. The molecule has 89 heavy (non-hydrogen) atoms. The Balaban J connectivity index is 5.11. The van der Waals surface area contributed by atoms with Crippen LogP contribution in [-0.2, 0) is 65.4 Å². The van der Waals surface area contributed by atoms with Crippen molar-refractivity contribution in [2.45, 2.75) is 369 Å². The summed E-state index contributed by atoms with van der Waals surface area (Å²) in [5.74, 6) is 0.157. The zero-order valence-corrected chi connectivity index (χ0v) is 59.7. The number of hydrogen-bond acceptors (Lipinski definition) is 15. The van der Waals surface area contributed by atoms with Crippen LogP contribution in [0.5, 0.6) is 0 Å². The molecule has 0 aromatic rings. The van der Waals surface area contributed by atoms with E-state index in [0.717, 1.165) is 108 Å². The molecule has 0 saturated heterocycles. The summed E-state index contributed by atoms with van der Waals surface area (Å²) in [5, 5.41) is 10.5. The van der Waals surface area contributed by atoms with E-state index >= 15 is 0 Å². The summed E-state index contributed by atoms with van der Waals surface area (Å²) < 4.78 is 68.0. The topological polar surface area (TPSA) is 237 Å². The summed E-state index contributed by atoms with van der Waals surface area (Å²) in [7, 11) is -9.89. The van der Waals surface area contributed by atoms with E-state index in [1.54, 1.807) is 0 Å². The van der Waals surface area contributed by atoms with Gasteiger partial charge in [0.2, 0.25) is 0 Å². The molecule has 0 bridgehead atoms. The van der Waals surface area contributed by atoms with Crippen molar-refractivity contribution in [3.63, 3.8) is 0 Å². The molecular weight excluding hydrogens is 1170 g/mol. The molecule has 3 unspecified atom stereocenters. The molecule has 0 heterocycles. The molecule has 528 valence electrons. The first-order valence-corrected chi connectivity index (χ1v) is 39.4. The van der Waals surface area contributed by atoms with Crippen molar-refractivity contribution >= 4 is 39.5 Å². The van der Waals surface area contributed by atoms with Crippen molar-refractivity contribution in [3.8, 4) is 0 Å². The van der Waals surface area contributed by atoms with Gasteiger partial charge in [-0.2, -0.15) is 0 Å². The lowest BCUT2D eigenvalue weighted by molar-refractivity contribution is -0.161. The first-order chi connectivity index (χ1) is 42.8. The monoisotopic (exact) mass is 1310 g/mol. The van der Waals surface area contributed by atoms with Gasteiger partial charge in [0, 0.05) is 25.7 Å². The highest BCUT2D eigenvalue weighted by molar-refractivity contribution is 7.47. The first kappa shape index (κ1) is 87.1. The maximum absolute atomic E-state index is 13.0. The lowest BCUT2D eigenvalue weighted by Crippen LogP contribution is -2.30. The van der Waals surface area contributed by atoms with Crippen LogP contribution >= 0.6 is 15.6 Å². The van der Waals surface area contributed by atoms with Gasteiger partial charge < -0.3 is 33.8 Å². The van der Waals surface area contributed by atoms with E-state index in [4.69, 9.17) is 37.0 Å². The summed E-state index contributed by atoms with van der Waals surface area (Å²) in [6, 6.07) is 0. The van der Waals surface area contributed by atoms with Gasteiger partial charge in [0.1, 0.15) is 19.3 Å². The molecule has 0 fully saturated rings. The molecule has 6 atom stereocenters. The number of aliphatic hydroxyl groups excluding tert-OH is 1. The van der Waals surface area contributed by atoms with Crippen LogP contribution in [-0.4, -0.2) is 96.7 Å². The third-order valence-corrected chi connectivity index (χ3v) is 18.4. The maximum atomic E-state index is 13.0. The Morgan fingerprint density at radius 1 is 0.326 bits per heavy atom. The Morgan fingerprint density at radius 3 is 0.854 bits per heavy atom. The zero-order chi connectivity index (χ0) is 65.9. The summed E-state index contributed by atoms with van der Waals surface area (Å²) in [6.07, 6.45) is 45.1. The van der Waals surface area contributed by atoms with Crippen LogP contribution < -0.4 is 0 Å². The number of unbranched alkanes of at least 4 members (excludes halogenated alkanes) is 35. The number of carbonyl (C=O) groups excluding carboxylic acids is 4. The molecule has 0 saturated carbocycles. The molecule has 0 radical (unpaired) electrons. The van der Waals surface area contributed by atoms with E-state index < -0.39 is 97.5 Å². The Morgan fingerprint density at radius 2 is 0.573 bits per heavy atom. The second-order valence-electron chi connectivity index (χ2n) is 26.5. The highest BCUT2D eigenvalue weighted by Gasteiger charge is 2.30. The average molecular weight is 1310 g/mol. The molecule has 3 N–H and O–H groups in total. The van der Waals surface area contributed by atoms with Crippen molar-refractivity contribution in [1.29, 1.82) is 0 Å². The van der Waals surface area contributed by atoms with E-state index in [2.05, 4.69) is 48.5 Å². The number of esters is 4. The minimum atomic E-state index is -4.95. The SMILES string of the molecule is CCCCCCCC(=O)OC[C@H](COP(=O)(O)OC[C@H](O)COP(=O)(O)OC[C@@H](COC(=O)CCCCCCCCCCCCC(C)CC)OC(=O)CCCCCCCCCCCCCCCCCCCCC(C)C)OC(=O)CCCCCCCCC(C)C. The normalized spacial score (nSPS) is 14.5. The smallest absolute Gasteiger partial charge is 0.462 e. The molecule has 0 rings (SSSR count). The molecule has 0 aliphatic rings. The fraction of sp³-hybridized carbons (Fsp3) is 0.943. The van der Waals surface area contributed by atoms with Gasteiger partial charge in [0.05, 0.1) is 26.4 Å². The third kappa shape index (κ3) is 63.2. The molecular formula is C70H136O17P2. The highest BCUT2D eigenvalue weighted by Crippen LogP contribution is 2.45. The van der Waals surface area contributed by atoms with E-state index in [0.29, 0.717) is 31.6 Å². The molecule has 0 spiro atoms. The molecule has 0 aliphatic heterocycles. The standard InChI is InChI=1S/C70H136O17P2/c1-8-10-11-34-44-51-67(72)80-57-65(87-70(75)54-47-40-33-32-36-42-49-62(5)6)59-84-88(76,77)82-55-64(71)56-83-89(78,79)85-60-66(58-81-68(73)52-45-38-30-26-23-22-25-29-37-43-50-63(7)9-2)86-69(74)53-46-39-31-27-21-19-17-15-13-12-14-16-18-20-24-28-35-41-48-61(3)4/h61-66,71H,8-60H2,1-7H3,(H,76,77)(H,78,79)/t63?,64-,65+,66+/m0/s1. The number of phosphoric ester groups is 2. The first-order valence-electron chi connectivity index (χ1n) is 36.4. The number of phosphoric acid groups is 2. The van der Waals surface area contributed by atoms with Gasteiger partial charge in [-0.15, -0.1) is 0 Å². The average Bonchev–Trinajstić information content (AvgIpc) is 3.53. The van der Waals surface area contributed by atoms with Gasteiger partial charge in [-0.05, 0) is 43.4 Å². The minimum absolute atomic E-state index is 0.101. The Hall–Kier alpha value is -1.94. The Labute approximate surface area is 543 Å². The third-order valence-electron chi connectivity index (χ3n) is 16.5. The van der Waals surface area contributed by atoms with Gasteiger partial charge in [-0.1, -0.05) is 299 Å². The zero-order valence-electron chi connectivity index (χ0n) is 57.9. The predicted octanol–water partition coefficient (Wildman–Crippen LogP) is 19.8. The number of aliphatic hydroxyl groups is 1. The molecule has 0 aromatic carbocycles. The summed E-state index contributed by atoms with van der Waals surface area (Å²) in [5.41, 5.74) is 0. The number of hydrogen-bond donors (Lipinski definition) is 3. The quantitative estimate of drug-likeness (QED) is 0.0222. The van der Waals surface area contributed by atoms with Crippen molar-refractivity contribution in [1.82, 2.24) is 0 Å². The van der Waals surface area contributed by atoms with Gasteiger partial charge in [-0.25, -0.2) is 9.13 Å². The van der Waals surface area contributed by atoms with Crippen LogP contribution in [0.4, 0.5) is 0 Å². The van der Waals surface area contributed by atoms with Crippen molar-refractivity contribution in [2.24, 2.45) is 17.8 Å². The van der Waals surface area contributed by atoms with E-state index in [1.165, 1.54) is 154 Å². The molecule has 0 aliphatic carbocycles. The molecule has 17 nitrogen and oxygen atoms in total. The molecule has 0 aromatic heterocycles. The van der Waals surface area contributed by atoms with Gasteiger partial charge in [0.15, 0.2) is 12.2 Å². The van der Waals surface area contributed by atoms with Crippen LogP contribution in [0.1, 0.15) is 350 Å². The maximum Gasteiger partial charge on any atom is 0.472 e. The van der Waals surface area contributed by atoms with Crippen molar-refractivity contribution in [2.75, 3.05) is 39.6 Å². The minimum Gasteiger partial charge on any atom is -0.462 e. The van der Waals surface area contributed by atoms with Crippen LogP contribution in [0.15, 0.2) is 0 Å². The fourth-order valence-electron chi connectivity index (χ4n) is 10.5. The van der Waals surface area contributed by atoms with Gasteiger partial charge >= 0.3 is 39.5 Å². The predicted molar refractivity (Wildman–Crippen MR) is 358 cm³/mol. The lowest BCUT2D eigenvalue weighted by atomic mass is 9.99. The van der Waals surface area contributed by atoms with Gasteiger partial charge in [-0.3, -0.25) is 37.3 Å². The van der Waals surface area contributed by atoms with Crippen molar-refractivity contribution in [3.05, 3.63) is 0 Å². The van der Waals surface area contributed by atoms with E-state index in [9.17, 15) is 43.2 Å². The van der Waals surface area contributed by atoms with Crippen LogP contribution in [0.3, 0.4) is 0 Å². The number of rotatable bonds is 68. The summed E-state index contributed by atoms with van der Waals surface area (Å²) >= 11 is 0. The summed E-state index contributed by atoms with van der Waals surface area (Å²) in [6.45, 7) is 11.7. The number of ether oxygens (including phenoxy) is 4. The second-order valence-corrected chi connectivity index (χ2v) is 29.4. The highest BCUT2D eigenvalue weighted by atomic mass is 31.2. The van der Waals surface area contributed by atoms with Crippen molar-refractivity contribution < 1.29 is 80.2 Å². The van der Waals surface area contributed by atoms with Crippen LogP contribution in [0.25, 0.3) is 0 Å². The molecule has 19 heteroatoms. The Bertz CT molecular complexity index is 1750. The van der Waals surface area contributed by atoms with E-state index in [-0.39, 0.29) is 25.7 Å². The number of carbonyl (C=O) groups is 4.